The van der Waals surface area contributed by atoms with Crippen LogP contribution in [-0.2, 0) is 0 Å². The Morgan fingerprint density at radius 2 is 0.500 bits per heavy atom. The van der Waals surface area contributed by atoms with E-state index >= 15 is 0 Å². The topological polar surface area (TPSA) is 194 Å². The molecule has 0 amide bonds. The Morgan fingerprint density at radius 3 is 0.809 bits per heavy atom. The summed E-state index contributed by atoms with van der Waals surface area (Å²) < 4.78 is 0. The SMILES string of the molecule is O=c1c2ccccc2c(=O)c2c1ccc1[nH]c3c(ccc4c(=O)c5ccccc5c(=O)c43)[nH]c12.O=c1c2ccccc2c(=O)c2c1ccc1nc3c(ccc4c(=O)c5ccccc5c(=O)c43)nc12. The largest absolute Gasteiger partial charge is 0.351 e. The third-order valence-corrected chi connectivity index (χ3v) is 13.3. The molecule has 0 radical (unpaired) electrons. The number of hydrogen-bond acceptors (Lipinski definition) is 10. The van der Waals surface area contributed by atoms with Crippen molar-refractivity contribution in [2.75, 3.05) is 0 Å². The number of fused-ring (bicyclic) bond motifs is 16. The smallest absolute Gasteiger partial charge is 0.196 e. The Morgan fingerprint density at radius 1 is 0.250 bits per heavy atom. The second-order valence-electron chi connectivity index (χ2n) is 16.8. The van der Waals surface area contributed by atoms with E-state index in [9.17, 15) is 38.4 Å². The van der Waals surface area contributed by atoms with E-state index in [1.807, 2.05) is 0 Å². The van der Waals surface area contributed by atoms with Crippen LogP contribution >= 0.6 is 0 Å². The van der Waals surface area contributed by atoms with Crippen LogP contribution in [0.5, 0.6) is 0 Å². The maximum absolute atomic E-state index is 13.4. The standard InChI is InChI=1S/C28H14N2O4.C28H12N2O4/c2*31-25-13-5-1-3-7-15(13)27(33)21-17(25)9-11-19-23(21)29-20-12-10-18-22(24(20)30-19)28(34)16-8-4-2-6-14(16)26(18)32/h1-12,29-30H;1-12H. The van der Waals surface area contributed by atoms with E-state index in [1.165, 1.54) is 0 Å². The van der Waals surface area contributed by atoms with Gasteiger partial charge in [0.2, 0.25) is 0 Å². The van der Waals surface area contributed by atoms with Crippen molar-refractivity contribution in [3.63, 3.8) is 0 Å². The lowest BCUT2D eigenvalue weighted by Crippen LogP contribution is -2.14. The van der Waals surface area contributed by atoms with Gasteiger partial charge in [0.25, 0.3) is 0 Å². The fourth-order valence-electron chi connectivity index (χ4n) is 10.1. The normalized spacial score (nSPS) is 12.0. The van der Waals surface area contributed by atoms with E-state index in [2.05, 4.69) is 19.9 Å². The number of aromatic amines is 2. The second-order valence-corrected chi connectivity index (χ2v) is 16.8. The van der Waals surface area contributed by atoms with Crippen LogP contribution in [0.4, 0.5) is 0 Å². The molecule has 0 aliphatic rings. The zero-order valence-corrected chi connectivity index (χ0v) is 35.0. The predicted octanol–water partition coefficient (Wildman–Crippen LogP) is 7.85. The van der Waals surface area contributed by atoms with Gasteiger partial charge in [-0.1, -0.05) is 97.1 Å². The monoisotopic (exact) mass is 882 g/mol. The van der Waals surface area contributed by atoms with E-state index in [4.69, 9.17) is 0 Å². The van der Waals surface area contributed by atoms with E-state index in [-0.39, 0.29) is 65.0 Å². The van der Waals surface area contributed by atoms with Gasteiger partial charge in [0, 0.05) is 64.6 Å². The molecule has 0 bridgehead atoms. The van der Waals surface area contributed by atoms with Gasteiger partial charge in [0.1, 0.15) is 11.0 Å². The zero-order valence-electron chi connectivity index (χ0n) is 35.0. The summed E-state index contributed by atoms with van der Waals surface area (Å²) in [6.07, 6.45) is 0. The van der Waals surface area contributed by atoms with Gasteiger partial charge in [-0.25, -0.2) is 9.97 Å². The fraction of sp³-hybridized carbons (Fsp3) is 0. The minimum absolute atomic E-state index is 0.205. The van der Waals surface area contributed by atoms with Crippen molar-refractivity contribution < 1.29 is 0 Å². The molecule has 14 rings (SSSR count). The third-order valence-electron chi connectivity index (χ3n) is 13.3. The molecule has 0 aliphatic carbocycles. The summed E-state index contributed by atoms with van der Waals surface area (Å²) in [5, 5.41) is 5.14. The Balaban J connectivity index is 0.000000134. The molecule has 0 unspecified atom stereocenters. The molecule has 0 aliphatic heterocycles. The third kappa shape index (κ3) is 5.19. The van der Waals surface area contributed by atoms with Crippen LogP contribution in [0.25, 0.3) is 130 Å². The molecule has 0 saturated heterocycles. The zero-order chi connectivity index (χ0) is 46.3. The molecule has 12 nitrogen and oxygen atoms in total. The lowest BCUT2D eigenvalue weighted by molar-refractivity contribution is 1.41. The van der Waals surface area contributed by atoms with Gasteiger partial charge in [-0.3, -0.25) is 38.4 Å². The first kappa shape index (κ1) is 38.8. The van der Waals surface area contributed by atoms with Crippen molar-refractivity contribution in [1.29, 1.82) is 0 Å². The molecule has 318 valence electrons. The summed E-state index contributed by atoms with van der Waals surface area (Å²) in [5.74, 6) is 0. The maximum atomic E-state index is 13.4. The Labute approximate surface area is 376 Å². The molecule has 12 aromatic carbocycles. The van der Waals surface area contributed by atoms with E-state index < -0.39 is 0 Å². The molecular formula is C56H26N4O8. The average molecular weight is 883 g/mol. The number of nitrogens with one attached hydrogen (secondary N) is 2. The maximum Gasteiger partial charge on any atom is 0.196 e. The van der Waals surface area contributed by atoms with Crippen LogP contribution < -0.4 is 43.4 Å². The van der Waals surface area contributed by atoms with Crippen LogP contribution in [0.2, 0.25) is 0 Å². The minimum Gasteiger partial charge on any atom is -0.351 e. The van der Waals surface area contributed by atoms with Crippen LogP contribution in [0, 0.1) is 0 Å². The summed E-state index contributed by atoms with van der Waals surface area (Å²) in [5.41, 5.74) is 1.47. The molecule has 0 saturated carbocycles. The van der Waals surface area contributed by atoms with Crippen LogP contribution in [-0.4, -0.2) is 19.9 Å². The first-order chi connectivity index (χ1) is 33.1. The predicted molar refractivity (Wildman–Crippen MR) is 271 cm³/mol. The van der Waals surface area contributed by atoms with Crippen LogP contribution in [0.3, 0.4) is 0 Å². The molecule has 0 atom stereocenters. The van der Waals surface area contributed by atoms with Gasteiger partial charge in [0.15, 0.2) is 43.4 Å². The van der Waals surface area contributed by atoms with Gasteiger partial charge < -0.3 is 9.97 Å². The number of hydrogen-bond donors (Lipinski definition) is 2. The molecule has 14 aromatic rings. The van der Waals surface area contributed by atoms with Crippen molar-refractivity contribution in [2.45, 2.75) is 0 Å². The average Bonchev–Trinajstić information content (AvgIpc) is 3.38. The van der Waals surface area contributed by atoms with E-state index in [1.54, 1.807) is 146 Å². The van der Waals surface area contributed by atoms with Crippen molar-refractivity contribution in [3.8, 4) is 0 Å². The quantitative estimate of drug-likeness (QED) is 0.112. The lowest BCUT2D eigenvalue weighted by Gasteiger charge is -2.10. The molecule has 0 spiro atoms. The Kier molecular flexibility index (Phi) is 7.93. The number of benzene rings is 12. The summed E-state index contributed by atoms with van der Waals surface area (Å²) >= 11 is 0. The van der Waals surface area contributed by atoms with Gasteiger partial charge in [0.05, 0.1) is 54.6 Å². The molecule has 2 heterocycles. The van der Waals surface area contributed by atoms with Gasteiger partial charge >= 0.3 is 0 Å². The highest BCUT2D eigenvalue weighted by Crippen LogP contribution is 2.29. The fourth-order valence-corrected chi connectivity index (χ4v) is 10.1. The summed E-state index contributed by atoms with van der Waals surface area (Å²) in [7, 11) is 0. The molecule has 68 heavy (non-hydrogen) atoms. The van der Waals surface area contributed by atoms with Crippen LogP contribution in [0.1, 0.15) is 0 Å². The number of nitrogens with zero attached hydrogens (tertiary/aromatic N) is 2. The molecule has 2 N–H and O–H groups in total. The lowest BCUT2D eigenvalue weighted by atomic mass is 9.99. The van der Waals surface area contributed by atoms with Gasteiger partial charge in [-0.15, -0.1) is 0 Å². The van der Waals surface area contributed by atoms with Crippen molar-refractivity contribution in [3.05, 3.63) is 227 Å². The first-order valence-electron chi connectivity index (χ1n) is 21.5. The number of rotatable bonds is 0. The van der Waals surface area contributed by atoms with Gasteiger partial charge in [-0.2, -0.15) is 0 Å². The molecule has 12 heteroatoms. The molecular weight excluding hydrogens is 857 g/mol. The number of aromatic nitrogens is 4. The molecule has 2 aromatic heterocycles. The second kappa shape index (κ2) is 13.9. The van der Waals surface area contributed by atoms with Gasteiger partial charge in [-0.05, 0) is 48.5 Å². The molecule has 0 fully saturated rings. The highest BCUT2D eigenvalue weighted by molar-refractivity contribution is 6.16. The number of H-pyrrole nitrogens is 2. The first-order valence-corrected chi connectivity index (χ1v) is 21.5. The van der Waals surface area contributed by atoms with Crippen LogP contribution in [0.15, 0.2) is 184 Å². The summed E-state index contributed by atoms with van der Waals surface area (Å²) in [6, 6.07) is 40.1. The highest BCUT2D eigenvalue weighted by atomic mass is 16.1. The minimum atomic E-state index is -0.289. The summed E-state index contributed by atoms with van der Waals surface area (Å²) in [6.45, 7) is 0. The Bertz CT molecular complexity index is 4530. The van der Waals surface area contributed by atoms with Crippen molar-refractivity contribution in [2.24, 2.45) is 0 Å². The highest BCUT2D eigenvalue weighted by Gasteiger charge is 2.20. The Hall–Kier alpha value is -9.68. The summed E-state index contributed by atoms with van der Waals surface area (Å²) in [4.78, 5) is 122. The van der Waals surface area contributed by atoms with Crippen molar-refractivity contribution >= 4 is 130 Å². The van der Waals surface area contributed by atoms with E-state index in [0.29, 0.717) is 109 Å². The van der Waals surface area contributed by atoms with E-state index in [0.717, 1.165) is 0 Å². The van der Waals surface area contributed by atoms with Crippen molar-refractivity contribution in [1.82, 2.24) is 19.9 Å².